The SMILES string of the molecule is Cc1cccc(NC(=O)CN2C(=O)N(CC(=O)C(C)(C)C)c3ccccc3N(C3CCCCCC3)C2=O)c1. The van der Waals surface area contributed by atoms with Gasteiger partial charge in [0, 0.05) is 17.1 Å². The summed E-state index contributed by atoms with van der Waals surface area (Å²) in [7, 11) is 0. The zero-order valence-electron chi connectivity index (χ0n) is 22.8. The molecule has 0 spiro atoms. The molecule has 202 valence electrons. The van der Waals surface area contributed by atoms with Crippen LogP contribution in [-0.2, 0) is 9.59 Å². The highest BCUT2D eigenvalue weighted by Gasteiger charge is 2.42. The van der Waals surface area contributed by atoms with E-state index in [4.69, 9.17) is 0 Å². The van der Waals surface area contributed by atoms with Crippen LogP contribution in [0.1, 0.15) is 64.9 Å². The third-order valence-electron chi connectivity index (χ3n) is 7.26. The van der Waals surface area contributed by atoms with Crippen molar-refractivity contribution in [3.63, 3.8) is 0 Å². The van der Waals surface area contributed by atoms with Crippen LogP contribution in [0.2, 0.25) is 0 Å². The van der Waals surface area contributed by atoms with E-state index in [1.165, 1.54) is 4.90 Å². The highest BCUT2D eigenvalue weighted by atomic mass is 16.2. The van der Waals surface area contributed by atoms with Crippen LogP contribution in [0.25, 0.3) is 0 Å². The number of benzene rings is 2. The van der Waals surface area contributed by atoms with Crippen LogP contribution in [0, 0.1) is 12.3 Å². The molecule has 1 saturated carbocycles. The van der Waals surface area contributed by atoms with Gasteiger partial charge in [0.15, 0.2) is 5.78 Å². The molecule has 8 nitrogen and oxygen atoms in total. The van der Waals surface area contributed by atoms with E-state index in [1.807, 2.05) is 37.3 Å². The number of rotatable bonds is 6. The van der Waals surface area contributed by atoms with E-state index in [-0.39, 0.29) is 18.4 Å². The minimum Gasteiger partial charge on any atom is -0.325 e. The Hall–Kier alpha value is -3.68. The maximum atomic E-state index is 14.1. The molecule has 1 heterocycles. The first kappa shape index (κ1) is 27.4. The third kappa shape index (κ3) is 6.06. The third-order valence-corrected chi connectivity index (χ3v) is 7.26. The summed E-state index contributed by atoms with van der Waals surface area (Å²) < 4.78 is 0. The summed E-state index contributed by atoms with van der Waals surface area (Å²) >= 11 is 0. The molecule has 4 rings (SSSR count). The van der Waals surface area contributed by atoms with Gasteiger partial charge in [0.2, 0.25) is 5.91 Å². The fourth-order valence-electron chi connectivity index (χ4n) is 5.06. The van der Waals surface area contributed by atoms with Crippen LogP contribution in [0.15, 0.2) is 48.5 Å². The van der Waals surface area contributed by atoms with Gasteiger partial charge in [-0.15, -0.1) is 0 Å². The average molecular weight is 519 g/mol. The summed E-state index contributed by atoms with van der Waals surface area (Å²) in [5, 5.41) is 2.81. The van der Waals surface area contributed by atoms with Gasteiger partial charge in [-0.25, -0.2) is 14.5 Å². The number of nitrogens with one attached hydrogen (secondary N) is 1. The molecule has 1 aliphatic carbocycles. The van der Waals surface area contributed by atoms with Gasteiger partial charge in [-0.3, -0.25) is 19.4 Å². The van der Waals surface area contributed by atoms with Crippen molar-refractivity contribution in [1.82, 2.24) is 4.90 Å². The standard InChI is InChI=1S/C30H38N4O4/c1-21-12-11-13-22(18-21)31-27(36)20-33-28(37)32(19-26(35)30(2,3)4)24-16-9-10-17-25(24)34(29(33)38)23-14-7-5-6-8-15-23/h9-13,16-18,23H,5-8,14-15,19-20H2,1-4H3,(H,31,36). The molecule has 5 amide bonds. The summed E-state index contributed by atoms with van der Waals surface area (Å²) in [6.07, 6.45) is 5.83. The number of amides is 5. The summed E-state index contributed by atoms with van der Waals surface area (Å²) in [6.45, 7) is 6.69. The van der Waals surface area contributed by atoms with Gasteiger partial charge in [-0.1, -0.05) is 70.7 Å². The number of imide groups is 1. The van der Waals surface area contributed by atoms with Crippen LogP contribution in [0.4, 0.5) is 26.7 Å². The van der Waals surface area contributed by atoms with Gasteiger partial charge in [-0.05, 0) is 49.6 Å². The van der Waals surface area contributed by atoms with E-state index in [9.17, 15) is 19.2 Å². The normalized spacial score (nSPS) is 17.1. The van der Waals surface area contributed by atoms with Crippen LogP contribution in [-0.4, -0.2) is 47.8 Å². The second-order valence-corrected chi connectivity index (χ2v) is 11.3. The number of hydrogen-bond acceptors (Lipinski definition) is 4. The summed E-state index contributed by atoms with van der Waals surface area (Å²) in [5.41, 5.74) is 2.00. The number of carbonyl (C=O) groups excluding carboxylic acids is 4. The van der Waals surface area contributed by atoms with Crippen molar-refractivity contribution in [3.05, 3.63) is 54.1 Å². The maximum absolute atomic E-state index is 14.1. The molecule has 38 heavy (non-hydrogen) atoms. The topological polar surface area (TPSA) is 90.0 Å². The van der Waals surface area contributed by atoms with Gasteiger partial charge in [0.25, 0.3) is 0 Å². The Morgan fingerprint density at radius 3 is 2.13 bits per heavy atom. The lowest BCUT2D eigenvalue weighted by atomic mass is 9.90. The molecule has 0 bridgehead atoms. The van der Waals surface area contributed by atoms with Crippen LogP contribution in [0.5, 0.6) is 0 Å². The summed E-state index contributed by atoms with van der Waals surface area (Å²) in [6, 6.07) is 13.3. The Morgan fingerprint density at radius 2 is 1.50 bits per heavy atom. The van der Waals surface area contributed by atoms with Gasteiger partial charge in [-0.2, -0.15) is 0 Å². The van der Waals surface area contributed by atoms with E-state index in [0.717, 1.165) is 49.0 Å². The number of ketones is 1. The summed E-state index contributed by atoms with van der Waals surface area (Å²) in [5.74, 6) is -0.619. The predicted molar refractivity (Wildman–Crippen MR) is 150 cm³/mol. The maximum Gasteiger partial charge on any atom is 0.333 e. The quantitative estimate of drug-likeness (QED) is 0.465. The van der Waals surface area contributed by atoms with E-state index in [0.29, 0.717) is 17.1 Å². The molecule has 8 heteroatoms. The van der Waals surface area contributed by atoms with E-state index in [1.54, 1.807) is 43.9 Å². The van der Waals surface area contributed by atoms with Crippen molar-refractivity contribution < 1.29 is 19.2 Å². The molecule has 1 fully saturated rings. The Kier molecular flexibility index (Phi) is 8.19. The molecule has 2 aliphatic rings. The minimum absolute atomic E-state index is 0.0976. The molecular formula is C30H38N4O4. The zero-order chi connectivity index (χ0) is 27.4. The Labute approximate surface area is 225 Å². The Bertz CT molecular complexity index is 1210. The summed E-state index contributed by atoms with van der Waals surface area (Å²) in [4.78, 5) is 58.4. The van der Waals surface area contributed by atoms with Crippen LogP contribution < -0.4 is 15.1 Å². The van der Waals surface area contributed by atoms with Crippen molar-refractivity contribution >= 4 is 40.8 Å². The molecule has 0 radical (unpaired) electrons. The highest BCUT2D eigenvalue weighted by Crippen LogP contribution is 2.38. The Balaban J connectivity index is 1.74. The number of anilines is 3. The molecular weight excluding hydrogens is 480 g/mol. The molecule has 1 N–H and O–H groups in total. The highest BCUT2D eigenvalue weighted by molar-refractivity contribution is 6.16. The average Bonchev–Trinajstić information content (AvgIpc) is 3.17. The number of para-hydroxylation sites is 2. The van der Waals surface area contributed by atoms with Crippen LogP contribution >= 0.6 is 0 Å². The second kappa shape index (κ2) is 11.4. The smallest absolute Gasteiger partial charge is 0.325 e. The Morgan fingerprint density at radius 1 is 0.842 bits per heavy atom. The zero-order valence-corrected chi connectivity index (χ0v) is 22.8. The van der Waals surface area contributed by atoms with Crippen molar-refractivity contribution in [2.45, 2.75) is 72.3 Å². The van der Waals surface area contributed by atoms with Gasteiger partial charge in [0.05, 0.1) is 17.9 Å². The first-order valence-corrected chi connectivity index (χ1v) is 13.5. The van der Waals surface area contributed by atoms with E-state index >= 15 is 0 Å². The number of nitrogens with zero attached hydrogens (tertiary/aromatic N) is 3. The number of fused-ring (bicyclic) bond motifs is 1. The molecule has 0 aromatic heterocycles. The van der Waals surface area contributed by atoms with Crippen molar-refractivity contribution in [3.8, 4) is 0 Å². The molecule has 0 atom stereocenters. The van der Waals surface area contributed by atoms with Gasteiger partial charge >= 0.3 is 12.1 Å². The van der Waals surface area contributed by atoms with E-state index < -0.39 is 29.9 Å². The van der Waals surface area contributed by atoms with Crippen molar-refractivity contribution in [1.29, 1.82) is 0 Å². The van der Waals surface area contributed by atoms with Crippen molar-refractivity contribution in [2.24, 2.45) is 5.41 Å². The molecule has 0 saturated heterocycles. The number of carbonyl (C=O) groups is 4. The minimum atomic E-state index is -0.681. The van der Waals surface area contributed by atoms with E-state index in [2.05, 4.69) is 5.32 Å². The first-order valence-electron chi connectivity index (χ1n) is 13.5. The number of urea groups is 2. The largest absolute Gasteiger partial charge is 0.333 e. The lowest BCUT2D eigenvalue weighted by Crippen LogP contribution is -2.54. The van der Waals surface area contributed by atoms with Gasteiger partial charge < -0.3 is 5.32 Å². The first-order chi connectivity index (χ1) is 18.1. The van der Waals surface area contributed by atoms with Crippen molar-refractivity contribution in [2.75, 3.05) is 28.2 Å². The van der Waals surface area contributed by atoms with Gasteiger partial charge in [0.1, 0.15) is 6.54 Å². The lowest BCUT2D eigenvalue weighted by Gasteiger charge is -2.33. The van der Waals surface area contributed by atoms with Crippen LogP contribution in [0.3, 0.4) is 0 Å². The molecule has 1 aliphatic heterocycles. The lowest BCUT2D eigenvalue weighted by molar-refractivity contribution is -0.124. The number of aryl methyl sites for hydroxylation is 1. The molecule has 2 aromatic carbocycles. The number of Topliss-reactive ketones (excluding diaryl/α,β-unsaturated/α-hetero) is 1. The molecule has 0 unspecified atom stereocenters. The fourth-order valence-corrected chi connectivity index (χ4v) is 5.06. The predicted octanol–water partition coefficient (Wildman–Crippen LogP) is 6.14. The fraction of sp³-hybridized carbons (Fsp3) is 0.467. The monoisotopic (exact) mass is 518 g/mol. The number of hydrogen-bond donors (Lipinski definition) is 1. The second-order valence-electron chi connectivity index (χ2n) is 11.3. The molecule has 2 aromatic rings.